The molecule has 0 heterocycles. The van der Waals surface area contributed by atoms with Crippen LogP contribution in [0.3, 0.4) is 0 Å². The molecule has 1 N–H and O–H groups in total. The monoisotopic (exact) mass is 501 g/mol. The van der Waals surface area contributed by atoms with Crippen molar-refractivity contribution in [1.82, 2.24) is 0 Å². The van der Waals surface area contributed by atoms with E-state index < -0.39 is 16.8 Å². The zero-order chi connectivity index (χ0) is 26.9. The molecule has 3 aromatic rings. The fourth-order valence-electron chi connectivity index (χ4n) is 3.22. The number of hydrogen-bond donors (Lipinski definition) is 1. The molecule has 0 bridgehead atoms. The summed E-state index contributed by atoms with van der Waals surface area (Å²) in [6.07, 6.45) is 1.29. The number of nitrogens with zero attached hydrogens (tertiary/aromatic N) is 2. The molecule has 37 heavy (non-hydrogen) atoms. The lowest BCUT2D eigenvalue weighted by Gasteiger charge is -2.12. The largest absolute Gasteiger partial charge is 0.496 e. The second kappa shape index (κ2) is 12.0. The highest BCUT2D eigenvalue weighted by Crippen LogP contribution is 2.31. The van der Waals surface area contributed by atoms with Crippen LogP contribution in [0.5, 0.6) is 17.2 Å². The molecule has 0 spiro atoms. The smallest absolute Gasteiger partial charge is 0.343 e. The van der Waals surface area contributed by atoms with Gasteiger partial charge in [-0.15, -0.1) is 0 Å². The van der Waals surface area contributed by atoms with Crippen LogP contribution >= 0.6 is 0 Å². The molecule has 3 aromatic carbocycles. The summed E-state index contributed by atoms with van der Waals surface area (Å²) in [4.78, 5) is 36.0. The van der Waals surface area contributed by atoms with Gasteiger partial charge in [0.1, 0.15) is 23.1 Å². The third kappa shape index (κ3) is 6.70. The van der Waals surface area contributed by atoms with Gasteiger partial charge in [0.05, 0.1) is 30.3 Å². The molecule has 0 aliphatic heterocycles. The van der Waals surface area contributed by atoms with E-state index in [1.807, 2.05) is 6.92 Å². The number of amides is 1. The number of anilines is 1. The Balaban J connectivity index is 1.85. The zero-order valence-electron chi connectivity index (χ0n) is 20.3. The molecule has 10 heteroatoms. The van der Waals surface area contributed by atoms with Crippen molar-refractivity contribution in [3.63, 3.8) is 0 Å². The second-order valence-electron chi connectivity index (χ2n) is 7.66. The van der Waals surface area contributed by atoms with Gasteiger partial charge in [0.25, 0.3) is 11.6 Å². The van der Waals surface area contributed by atoms with E-state index in [2.05, 4.69) is 5.32 Å². The zero-order valence-corrected chi connectivity index (χ0v) is 20.3. The number of carbonyl (C=O) groups is 2. The lowest BCUT2D eigenvalue weighted by Crippen LogP contribution is -2.14. The van der Waals surface area contributed by atoms with E-state index in [0.29, 0.717) is 11.1 Å². The van der Waals surface area contributed by atoms with E-state index >= 15 is 0 Å². The van der Waals surface area contributed by atoms with Crippen molar-refractivity contribution < 1.29 is 28.7 Å². The summed E-state index contributed by atoms with van der Waals surface area (Å²) >= 11 is 0. The van der Waals surface area contributed by atoms with Crippen LogP contribution in [0.25, 0.3) is 6.08 Å². The van der Waals surface area contributed by atoms with Crippen molar-refractivity contribution >= 4 is 29.3 Å². The number of hydrogen-bond acceptors (Lipinski definition) is 8. The normalized spacial score (nSPS) is 10.7. The number of carbonyl (C=O) groups excluding carboxylic acids is 2. The average Bonchev–Trinajstić information content (AvgIpc) is 2.89. The van der Waals surface area contributed by atoms with E-state index in [4.69, 9.17) is 14.2 Å². The Kier molecular flexibility index (Phi) is 8.57. The van der Waals surface area contributed by atoms with Crippen LogP contribution in [-0.2, 0) is 4.79 Å². The summed E-state index contributed by atoms with van der Waals surface area (Å²) in [7, 11) is 1.36. The van der Waals surface area contributed by atoms with Crippen LogP contribution in [0.1, 0.15) is 28.4 Å². The summed E-state index contributed by atoms with van der Waals surface area (Å²) in [5.41, 5.74) is 0.995. The van der Waals surface area contributed by atoms with Crippen LogP contribution < -0.4 is 19.5 Å². The number of aryl methyl sites for hydroxylation is 1. The lowest BCUT2D eigenvalue weighted by molar-refractivity contribution is -0.384. The molecular weight excluding hydrogens is 478 g/mol. The van der Waals surface area contributed by atoms with Crippen LogP contribution in [0.4, 0.5) is 11.4 Å². The first-order chi connectivity index (χ1) is 17.7. The highest BCUT2D eigenvalue weighted by molar-refractivity contribution is 6.10. The Bertz CT molecular complexity index is 1410. The van der Waals surface area contributed by atoms with Crippen molar-refractivity contribution in [1.29, 1.82) is 5.26 Å². The van der Waals surface area contributed by atoms with Gasteiger partial charge in [-0.3, -0.25) is 14.9 Å². The topological polar surface area (TPSA) is 141 Å². The van der Waals surface area contributed by atoms with Crippen molar-refractivity contribution in [2.45, 2.75) is 13.8 Å². The molecule has 0 fully saturated rings. The number of nitrogens with one attached hydrogen (secondary N) is 1. The van der Waals surface area contributed by atoms with Crippen LogP contribution in [0.2, 0.25) is 0 Å². The summed E-state index contributed by atoms with van der Waals surface area (Å²) < 4.78 is 16.1. The second-order valence-corrected chi connectivity index (χ2v) is 7.66. The highest BCUT2D eigenvalue weighted by Gasteiger charge is 2.20. The SMILES string of the molecule is CCOc1cc(/C=C(\C#N)C(=O)Nc2ccc(OC)cc2[N+](=O)[O-])ccc1OC(=O)c1ccc(C)cc1. The predicted molar refractivity (Wildman–Crippen MR) is 136 cm³/mol. The summed E-state index contributed by atoms with van der Waals surface area (Å²) in [6, 6.07) is 17.2. The van der Waals surface area contributed by atoms with Gasteiger partial charge in [-0.25, -0.2) is 4.79 Å². The number of nitro groups is 1. The molecule has 0 atom stereocenters. The minimum atomic E-state index is -0.844. The number of nitriles is 1. The Morgan fingerprint density at radius 2 is 1.81 bits per heavy atom. The predicted octanol–water partition coefficient (Wildman–Crippen LogP) is 5.08. The van der Waals surface area contributed by atoms with Gasteiger partial charge in [-0.1, -0.05) is 23.8 Å². The third-order valence-corrected chi connectivity index (χ3v) is 5.08. The van der Waals surface area contributed by atoms with Gasteiger partial charge in [-0.2, -0.15) is 5.26 Å². The first kappa shape index (κ1) is 26.4. The number of methoxy groups -OCH3 is 1. The van der Waals surface area contributed by atoms with Gasteiger partial charge >= 0.3 is 5.97 Å². The molecule has 0 aliphatic rings. The van der Waals surface area contributed by atoms with Gasteiger partial charge in [0.2, 0.25) is 0 Å². The fraction of sp³-hybridized carbons (Fsp3) is 0.148. The molecule has 0 radical (unpaired) electrons. The number of ether oxygens (including phenoxy) is 3. The molecule has 0 aliphatic carbocycles. The maximum Gasteiger partial charge on any atom is 0.343 e. The van der Waals surface area contributed by atoms with Gasteiger partial charge < -0.3 is 19.5 Å². The summed E-state index contributed by atoms with van der Waals surface area (Å²) in [5.74, 6) is -0.764. The Hall–Kier alpha value is -5.17. The number of benzene rings is 3. The molecule has 188 valence electrons. The maximum atomic E-state index is 12.7. The van der Waals surface area contributed by atoms with E-state index in [-0.39, 0.29) is 40.8 Å². The number of rotatable bonds is 9. The molecule has 0 unspecified atom stereocenters. The first-order valence-corrected chi connectivity index (χ1v) is 11.1. The quantitative estimate of drug-likeness (QED) is 0.107. The molecule has 10 nitrogen and oxygen atoms in total. The Morgan fingerprint density at radius 1 is 1.08 bits per heavy atom. The molecule has 0 aromatic heterocycles. The molecule has 0 saturated heterocycles. The molecule has 0 saturated carbocycles. The Morgan fingerprint density at radius 3 is 2.43 bits per heavy atom. The van der Waals surface area contributed by atoms with Crippen LogP contribution in [-0.4, -0.2) is 30.5 Å². The third-order valence-electron chi connectivity index (χ3n) is 5.08. The van der Waals surface area contributed by atoms with E-state index in [1.54, 1.807) is 43.3 Å². The van der Waals surface area contributed by atoms with Crippen LogP contribution in [0, 0.1) is 28.4 Å². The van der Waals surface area contributed by atoms with Crippen molar-refractivity contribution in [2.75, 3.05) is 19.0 Å². The summed E-state index contributed by atoms with van der Waals surface area (Å²) in [6.45, 7) is 3.93. The highest BCUT2D eigenvalue weighted by atomic mass is 16.6. The van der Waals surface area contributed by atoms with Gasteiger partial charge in [-0.05, 0) is 61.9 Å². The van der Waals surface area contributed by atoms with Crippen molar-refractivity contribution in [3.05, 3.63) is 93.0 Å². The Labute approximate surface area is 212 Å². The summed E-state index contributed by atoms with van der Waals surface area (Å²) in [5, 5.41) is 23.3. The van der Waals surface area contributed by atoms with E-state index in [1.165, 1.54) is 37.5 Å². The molecule has 1 amide bonds. The minimum Gasteiger partial charge on any atom is -0.496 e. The lowest BCUT2D eigenvalue weighted by atomic mass is 10.1. The van der Waals surface area contributed by atoms with E-state index in [0.717, 1.165) is 11.6 Å². The number of nitro benzene ring substituents is 1. The van der Waals surface area contributed by atoms with Crippen molar-refractivity contribution in [2.24, 2.45) is 0 Å². The van der Waals surface area contributed by atoms with Crippen molar-refractivity contribution in [3.8, 4) is 23.3 Å². The fourth-order valence-corrected chi connectivity index (χ4v) is 3.22. The first-order valence-electron chi connectivity index (χ1n) is 11.1. The van der Waals surface area contributed by atoms with E-state index in [9.17, 15) is 25.0 Å². The molecular formula is C27H23N3O7. The maximum absolute atomic E-state index is 12.7. The minimum absolute atomic E-state index is 0.0923. The number of esters is 1. The van der Waals surface area contributed by atoms with Gasteiger partial charge in [0, 0.05) is 0 Å². The van der Waals surface area contributed by atoms with Gasteiger partial charge in [0.15, 0.2) is 11.5 Å². The average molecular weight is 501 g/mol. The van der Waals surface area contributed by atoms with Crippen LogP contribution in [0.15, 0.2) is 66.2 Å². The standard InChI is InChI=1S/C27H23N3O7/c1-4-36-25-14-18(7-12-24(25)37-27(32)19-8-5-17(2)6-9-19)13-20(16-28)26(31)29-22-11-10-21(35-3)15-23(22)30(33)34/h5-15H,4H2,1-3H3,(H,29,31)/b20-13+. The molecule has 3 rings (SSSR count).